The maximum absolute atomic E-state index is 9.04. The molecule has 0 amide bonds. The number of ether oxygens (including phenoxy) is 3. The van der Waals surface area contributed by atoms with Gasteiger partial charge in [0, 0.05) is 6.61 Å². The second-order valence-electron chi connectivity index (χ2n) is 8.59. The van der Waals surface area contributed by atoms with Crippen molar-refractivity contribution < 1.29 is 19.3 Å². The van der Waals surface area contributed by atoms with Crippen LogP contribution in [0.4, 0.5) is 0 Å². The molecule has 0 saturated carbocycles. The number of rotatable bonds is 12. The van der Waals surface area contributed by atoms with Gasteiger partial charge in [-0.05, 0) is 44.1 Å². The summed E-state index contributed by atoms with van der Waals surface area (Å²) in [5.74, 6) is 0.640. The molecule has 0 radical (unpaired) electrons. The molecule has 1 N–H and O–H groups in total. The predicted octanol–water partition coefficient (Wildman–Crippen LogP) is 4.94. The highest BCUT2D eigenvalue weighted by atomic mass is 16.7. The third-order valence-electron chi connectivity index (χ3n) is 5.40. The molecule has 27 heavy (non-hydrogen) atoms. The van der Waals surface area contributed by atoms with Crippen molar-refractivity contribution in [3.63, 3.8) is 0 Å². The fraction of sp³-hybridized carbons (Fsp3) is 0.739. The second-order valence-corrected chi connectivity index (χ2v) is 8.59. The SMILES string of the molecule is C[C@H](CCO)CCC[C@@H](C)C[C@H](OCc1ccccc1)[C@H]1COC(C)(C)O1. The molecule has 1 aliphatic heterocycles. The number of hydrogen-bond donors (Lipinski definition) is 1. The van der Waals surface area contributed by atoms with Crippen molar-refractivity contribution in [1.29, 1.82) is 0 Å². The summed E-state index contributed by atoms with van der Waals surface area (Å²) < 4.78 is 18.2. The molecule has 1 aromatic carbocycles. The first-order chi connectivity index (χ1) is 12.9. The van der Waals surface area contributed by atoms with Gasteiger partial charge in [0.25, 0.3) is 0 Å². The lowest BCUT2D eigenvalue weighted by Crippen LogP contribution is -2.34. The van der Waals surface area contributed by atoms with Crippen LogP contribution in [0, 0.1) is 11.8 Å². The summed E-state index contributed by atoms with van der Waals surface area (Å²) in [4.78, 5) is 0. The molecular formula is C23H38O4. The Morgan fingerprint density at radius 1 is 1.11 bits per heavy atom. The minimum atomic E-state index is -0.526. The fourth-order valence-corrected chi connectivity index (χ4v) is 3.70. The molecule has 1 aromatic rings. The number of benzene rings is 1. The van der Waals surface area contributed by atoms with Gasteiger partial charge in [-0.2, -0.15) is 0 Å². The standard InChI is InChI=1S/C23H38O4/c1-18(13-14-24)9-8-10-19(2)15-21(22-17-26-23(3,4)27-22)25-16-20-11-6-5-7-12-20/h5-7,11-12,18-19,21-22,24H,8-10,13-17H2,1-4H3/t18-,19+,21-,22+/m0/s1. The maximum atomic E-state index is 9.04. The summed E-state index contributed by atoms with van der Waals surface area (Å²) in [5, 5.41) is 9.04. The van der Waals surface area contributed by atoms with E-state index < -0.39 is 5.79 Å². The highest BCUT2D eigenvalue weighted by Crippen LogP contribution is 2.29. The van der Waals surface area contributed by atoms with Crippen LogP contribution in [-0.2, 0) is 20.8 Å². The van der Waals surface area contributed by atoms with Crippen molar-refractivity contribution in [2.45, 2.75) is 84.4 Å². The molecule has 2 rings (SSSR count). The summed E-state index contributed by atoms with van der Waals surface area (Å²) >= 11 is 0. The van der Waals surface area contributed by atoms with E-state index in [-0.39, 0.29) is 12.2 Å². The maximum Gasteiger partial charge on any atom is 0.163 e. The van der Waals surface area contributed by atoms with E-state index >= 15 is 0 Å². The van der Waals surface area contributed by atoms with Gasteiger partial charge in [-0.3, -0.25) is 0 Å². The van der Waals surface area contributed by atoms with Crippen molar-refractivity contribution in [1.82, 2.24) is 0 Å². The van der Waals surface area contributed by atoms with Gasteiger partial charge in [-0.15, -0.1) is 0 Å². The van der Waals surface area contributed by atoms with E-state index in [0.29, 0.717) is 31.7 Å². The third kappa shape index (κ3) is 8.30. The first kappa shape index (κ1) is 22.4. The van der Waals surface area contributed by atoms with E-state index in [9.17, 15) is 0 Å². The van der Waals surface area contributed by atoms with Crippen LogP contribution in [0.5, 0.6) is 0 Å². The van der Waals surface area contributed by atoms with Gasteiger partial charge in [0.2, 0.25) is 0 Å². The van der Waals surface area contributed by atoms with Crippen molar-refractivity contribution in [2.75, 3.05) is 13.2 Å². The van der Waals surface area contributed by atoms with E-state index in [1.54, 1.807) is 0 Å². The van der Waals surface area contributed by atoms with Gasteiger partial charge in [0.05, 0.1) is 19.3 Å². The Balaban J connectivity index is 1.85. The van der Waals surface area contributed by atoms with Gasteiger partial charge in [0.15, 0.2) is 5.79 Å². The first-order valence-corrected chi connectivity index (χ1v) is 10.5. The molecule has 1 aliphatic rings. The molecule has 0 unspecified atom stereocenters. The summed E-state index contributed by atoms with van der Waals surface area (Å²) in [5.41, 5.74) is 1.19. The second kappa shape index (κ2) is 11.2. The molecule has 0 aliphatic carbocycles. The monoisotopic (exact) mass is 378 g/mol. The number of aliphatic hydroxyl groups excluding tert-OH is 1. The lowest BCUT2D eigenvalue weighted by molar-refractivity contribution is -0.159. The molecule has 1 heterocycles. The van der Waals surface area contributed by atoms with E-state index in [1.165, 1.54) is 24.8 Å². The van der Waals surface area contributed by atoms with Gasteiger partial charge in [-0.1, -0.05) is 63.4 Å². The highest BCUT2D eigenvalue weighted by molar-refractivity contribution is 5.13. The normalized spacial score (nSPS) is 22.5. The average molecular weight is 379 g/mol. The summed E-state index contributed by atoms with van der Waals surface area (Å²) in [7, 11) is 0. The van der Waals surface area contributed by atoms with E-state index in [0.717, 1.165) is 12.8 Å². The molecule has 0 aromatic heterocycles. The van der Waals surface area contributed by atoms with Gasteiger partial charge in [-0.25, -0.2) is 0 Å². The van der Waals surface area contributed by atoms with Crippen LogP contribution < -0.4 is 0 Å². The lowest BCUT2D eigenvalue weighted by Gasteiger charge is -2.27. The Morgan fingerprint density at radius 3 is 2.44 bits per heavy atom. The van der Waals surface area contributed by atoms with Crippen LogP contribution in [0.1, 0.15) is 65.4 Å². The Hall–Kier alpha value is -0.940. The molecule has 1 saturated heterocycles. The van der Waals surface area contributed by atoms with Crippen molar-refractivity contribution in [2.24, 2.45) is 11.8 Å². The Labute approximate surface area is 165 Å². The molecule has 0 spiro atoms. The lowest BCUT2D eigenvalue weighted by atomic mass is 9.92. The number of aliphatic hydroxyl groups is 1. The molecule has 4 atom stereocenters. The summed E-state index contributed by atoms with van der Waals surface area (Å²) in [6, 6.07) is 10.3. The van der Waals surface area contributed by atoms with Crippen LogP contribution in [-0.4, -0.2) is 36.3 Å². The zero-order chi connectivity index (χ0) is 19.7. The third-order valence-corrected chi connectivity index (χ3v) is 5.40. The Morgan fingerprint density at radius 2 is 1.81 bits per heavy atom. The van der Waals surface area contributed by atoms with Crippen LogP contribution in [0.3, 0.4) is 0 Å². The minimum absolute atomic E-state index is 0.0144. The molecule has 154 valence electrons. The molecule has 4 nitrogen and oxygen atoms in total. The van der Waals surface area contributed by atoms with Crippen LogP contribution >= 0.6 is 0 Å². The first-order valence-electron chi connectivity index (χ1n) is 10.5. The fourth-order valence-electron chi connectivity index (χ4n) is 3.70. The zero-order valence-electron chi connectivity index (χ0n) is 17.5. The smallest absolute Gasteiger partial charge is 0.163 e. The Bertz CT molecular complexity index is 516. The minimum Gasteiger partial charge on any atom is -0.396 e. The molecular weight excluding hydrogens is 340 g/mol. The van der Waals surface area contributed by atoms with Crippen LogP contribution in [0.2, 0.25) is 0 Å². The van der Waals surface area contributed by atoms with Gasteiger partial charge in [0.1, 0.15) is 6.10 Å². The van der Waals surface area contributed by atoms with Crippen molar-refractivity contribution >= 4 is 0 Å². The Kier molecular flexibility index (Phi) is 9.24. The summed E-state index contributed by atoms with van der Waals surface area (Å²) in [6.45, 7) is 9.94. The largest absolute Gasteiger partial charge is 0.396 e. The van der Waals surface area contributed by atoms with Gasteiger partial charge >= 0.3 is 0 Å². The highest BCUT2D eigenvalue weighted by Gasteiger charge is 2.38. The van der Waals surface area contributed by atoms with Gasteiger partial charge < -0.3 is 19.3 Å². The summed E-state index contributed by atoms with van der Waals surface area (Å²) in [6.07, 6.45) is 5.46. The quantitative estimate of drug-likeness (QED) is 0.560. The van der Waals surface area contributed by atoms with Crippen LogP contribution in [0.25, 0.3) is 0 Å². The number of hydrogen-bond acceptors (Lipinski definition) is 4. The molecule has 0 bridgehead atoms. The molecule has 4 heteroatoms. The zero-order valence-corrected chi connectivity index (χ0v) is 17.5. The van der Waals surface area contributed by atoms with Crippen molar-refractivity contribution in [3.05, 3.63) is 35.9 Å². The average Bonchev–Trinajstić information content (AvgIpc) is 2.99. The predicted molar refractivity (Wildman–Crippen MR) is 108 cm³/mol. The van der Waals surface area contributed by atoms with E-state index in [4.69, 9.17) is 19.3 Å². The van der Waals surface area contributed by atoms with E-state index in [1.807, 2.05) is 32.0 Å². The topological polar surface area (TPSA) is 47.9 Å². The van der Waals surface area contributed by atoms with E-state index in [2.05, 4.69) is 26.0 Å². The molecule has 1 fully saturated rings. The van der Waals surface area contributed by atoms with Crippen molar-refractivity contribution in [3.8, 4) is 0 Å². The van der Waals surface area contributed by atoms with Crippen LogP contribution in [0.15, 0.2) is 30.3 Å².